The summed E-state index contributed by atoms with van der Waals surface area (Å²) in [6.45, 7) is 8.31. The fourth-order valence-corrected chi connectivity index (χ4v) is 2.64. The lowest BCUT2D eigenvalue weighted by molar-refractivity contribution is 0.0488. The van der Waals surface area contributed by atoms with Gasteiger partial charge in [0.1, 0.15) is 0 Å². The van der Waals surface area contributed by atoms with Gasteiger partial charge in [0.15, 0.2) is 0 Å². The molecule has 0 saturated heterocycles. The molecule has 4 heteroatoms. The van der Waals surface area contributed by atoms with Gasteiger partial charge in [-0.05, 0) is 43.8 Å². The second-order valence-corrected chi connectivity index (χ2v) is 5.83. The molecule has 1 aromatic rings. The molecule has 0 radical (unpaired) electrons. The maximum Gasteiger partial charge on any atom is 0.338 e. The number of unbranched alkanes of at least 4 members (excludes halogenated alkanes) is 2. The van der Waals surface area contributed by atoms with Crippen molar-refractivity contribution >= 4 is 17.3 Å². The zero-order chi connectivity index (χ0) is 14.6. The van der Waals surface area contributed by atoms with Crippen LogP contribution in [0.5, 0.6) is 0 Å². The number of hydrogen-bond acceptors (Lipinski definition) is 4. The molecule has 0 aliphatic rings. The largest absolute Gasteiger partial charge is 0.462 e. The fraction of sp³-hybridized carbons (Fsp3) is 0.688. The summed E-state index contributed by atoms with van der Waals surface area (Å²) in [5.41, 5.74) is 0.670. The molecule has 0 spiro atoms. The topological polar surface area (TPSA) is 29.5 Å². The standard InChI is InChI=1S/C16H27NO2S/c1-3-5-9-17(10-6-4-2)11-7-12-19-16(18)15-8-13-20-14-15/h8,13-14H,3-7,9-12H2,1-2H3. The van der Waals surface area contributed by atoms with Gasteiger partial charge in [-0.15, -0.1) is 0 Å². The number of hydrogen-bond donors (Lipinski definition) is 0. The second-order valence-electron chi connectivity index (χ2n) is 5.05. The van der Waals surface area contributed by atoms with Crippen LogP contribution < -0.4 is 0 Å². The molecule has 0 fully saturated rings. The molecule has 1 heterocycles. The van der Waals surface area contributed by atoms with Gasteiger partial charge < -0.3 is 9.64 Å². The van der Waals surface area contributed by atoms with E-state index < -0.39 is 0 Å². The highest BCUT2D eigenvalue weighted by Gasteiger charge is 2.08. The number of nitrogens with zero attached hydrogens (tertiary/aromatic N) is 1. The van der Waals surface area contributed by atoms with Crippen molar-refractivity contribution in [2.45, 2.75) is 46.0 Å². The first kappa shape index (κ1) is 17.2. The van der Waals surface area contributed by atoms with Gasteiger partial charge in [-0.25, -0.2) is 4.79 Å². The van der Waals surface area contributed by atoms with E-state index in [9.17, 15) is 4.79 Å². The van der Waals surface area contributed by atoms with Crippen LogP contribution in [-0.2, 0) is 4.74 Å². The smallest absolute Gasteiger partial charge is 0.338 e. The van der Waals surface area contributed by atoms with Crippen molar-refractivity contribution in [3.63, 3.8) is 0 Å². The monoisotopic (exact) mass is 297 g/mol. The quantitative estimate of drug-likeness (QED) is 0.453. The number of ether oxygens (including phenoxy) is 1. The molecule has 1 rings (SSSR count). The van der Waals surface area contributed by atoms with Gasteiger partial charge >= 0.3 is 5.97 Å². The predicted octanol–water partition coefficient (Wildman–Crippen LogP) is 4.20. The highest BCUT2D eigenvalue weighted by molar-refractivity contribution is 7.08. The molecule has 0 aromatic carbocycles. The SMILES string of the molecule is CCCCN(CCCC)CCCOC(=O)c1ccsc1. The lowest BCUT2D eigenvalue weighted by Gasteiger charge is -2.21. The maximum absolute atomic E-state index is 11.7. The van der Waals surface area contributed by atoms with Crippen LogP contribution in [0.15, 0.2) is 16.8 Å². The lowest BCUT2D eigenvalue weighted by Crippen LogP contribution is -2.28. The molecule has 20 heavy (non-hydrogen) atoms. The van der Waals surface area contributed by atoms with Gasteiger partial charge in [-0.1, -0.05) is 26.7 Å². The minimum absolute atomic E-state index is 0.195. The van der Waals surface area contributed by atoms with E-state index in [1.54, 1.807) is 0 Å². The first-order chi connectivity index (χ1) is 9.77. The molecule has 0 aliphatic heterocycles. The van der Waals surface area contributed by atoms with Gasteiger partial charge in [0, 0.05) is 11.9 Å². The van der Waals surface area contributed by atoms with E-state index in [1.165, 1.54) is 37.0 Å². The molecule has 0 unspecified atom stereocenters. The lowest BCUT2D eigenvalue weighted by atomic mass is 10.2. The molecule has 0 amide bonds. The third-order valence-corrected chi connectivity index (χ3v) is 3.95. The molecule has 114 valence electrons. The summed E-state index contributed by atoms with van der Waals surface area (Å²) in [5, 5.41) is 3.73. The Morgan fingerprint density at radius 2 is 1.80 bits per heavy atom. The van der Waals surface area contributed by atoms with Gasteiger partial charge in [0.25, 0.3) is 0 Å². The Hall–Kier alpha value is -0.870. The van der Waals surface area contributed by atoms with Crippen LogP contribution in [0.3, 0.4) is 0 Å². The van der Waals surface area contributed by atoms with E-state index in [1.807, 2.05) is 16.8 Å². The first-order valence-electron chi connectivity index (χ1n) is 7.69. The Kier molecular flexibility index (Phi) is 9.33. The van der Waals surface area contributed by atoms with Crippen molar-refractivity contribution in [2.24, 2.45) is 0 Å². The summed E-state index contributed by atoms with van der Waals surface area (Å²) in [4.78, 5) is 14.2. The average Bonchev–Trinajstić information content (AvgIpc) is 2.99. The summed E-state index contributed by atoms with van der Waals surface area (Å²) in [5.74, 6) is -0.195. The van der Waals surface area contributed by atoms with Crippen LogP contribution in [0.2, 0.25) is 0 Å². The molecular weight excluding hydrogens is 270 g/mol. The van der Waals surface area contributed by atoms with Gasteiger partial charge in [0.05, 0.1) is 12.2 Å². The summed E-state index contributed by atoms with van der Waals surface area (Å²) in [6.07, 6.45) is 5.88. The Bertz CT molecular complexity index is 343. The van der Waals surface area contributed by atoms with Crippen molar-refractivity contribution in [3.05, 3.63) is 22.4 Å². The number of esters is 1. The molecule has 0 aliphatic carbocycles. The van der Waals surface area contributed by atoms with Crippen molar-refractivity contribution in [2.75, 3.05) is 26.2 Å². The van der Waals surface area contributed by atoms with Crippen molar-refractivity contribution in [1.29, 1.82) is 0 Å². The Balaban J connectivity index is 2.17. The van der Waals surface area contributed by atoms with Crippen LogP contribution in [0.1, 0.15) is 56.3 Å². The van der Waals surface area contributed by atoms with E-state index in [4.69, 9.17) is 4.74 Å². The molecule has 3 nitrogen and oxygen atoms in total. The van der Waals surface area contributed by atoms with Crippen molar-refractivity contribution < 1.29 is 9.53 Å². The highest BCUT2D eigenvalue weighted by atomic mass is 32.1. The van der Waals surface area contributed by atoms with Crippen molar-refractivity contribution in [1.82, 2.24) is 4.90 Å². The van der Waals surface area contributed by atoms with E-state index in [0.29, 0.717) is 12.2 Å². The summed E-state index contributed by atoms with van der Waals surface area (Å²) in [6, 6.07) is 1.81. The summed E-state index contributed by atoms with van der Waals surface area (Å²) < 4.78 is 5.29. The number of carbonyl (C=O) groups excluding carboxylic acids is 1. The van der Waals surface area contributed by atoms with Gasteiger partial charge in [0.2, 0.25) is 0 Å². The average molecular weight is 297 g/mol. The summed E-state index contributed by atoms with van der Waals surface area (Å²) in [7, 11) is 0. The molecule has 1 aromatic heterocycles. The molecule has 0 bridgehead atoms. The van der Waals surface area contributed by atoms with Gasteiger partial charge in [-0.2, -0.15) is 11.3 Å². The van der Waals surface area contributed by atoms with E-state index >= 15 is 0 Å². The molecular formula is C16H27NO2S. The van der Waals surface area contributed by atoms with Crippen LogP contribution in [0.25, 0.3) is 0 Å². The molecule has 0 N–H and O–H groups in total. The Morgan fingerprint density at radius 1 is 1.15 bits per heavy atom. The zero-order valence-corrected chi connectivity index (χ0v) is 13.6. The summed E-state index contributed by atoms with van der Waals surface area (Å²) >= 11 is 1.52. The zero-order valence-electron chi connectivity index (χ0n) is 12.8. The fourth-order valence-electron chi connectivity index (χ4n) is 2.02. The third-order valence-electron chi connectivity index (χ3n) is 3.26. The molecule has 0 atom stereocenters. The van der Waals surface area contributed by atoms with E-state index in [0.717, 1.165) is 26.1 Å². The second kappa shape index (κ2) is 10.9. The van der Waals surface area contributed by atoms with Crippen LogP contribution in [0, 0.1) is 0 Å². The predicted molar refractivity (Wildman–Crippen MR) is 85.5 cm³/mol. The third kappa shape index (κ3) is 7.06. The minimum Gasteiger partial charge on any atom is -0.462 e. The van der Waals surface area contributed by atoms with Crippen LogP contribution >= 0.6 is 11.3 Å². The van der Waals surface area contributed by atoms with Crippen LogP contribution in [-0.4, -0.2) is 37.1 Å². The highest BCUT2D eigenvalue weighted by Crippen LogP contribution is 2.08. The number of rotatable bonds is 11. The van der Waals surface area contributed by atoms with Crippen LogP contribution in [0.4, 0.5) is 0 Å². The normalized spacial score (nSPS) is 10.9. The Morgan fingerprint density at radius 3 is 2.35 bits per heavy atom. The maximum atomic E-state index is 11.7. The number of carbonyl (C=O) groups is 1. The minimum atomic E-state index is -0.195. The first-order valence-corrected chi connectivity index (χ1v) is 8.63. The molecule has 0 saturated carbocycles. The van der Waals surface area contributed by atoms with E-state index in [-0.39, 0.29) is 5.97 Å². The van der Waals surface area contributed by atoms with Crippen molar-refractivity contribution in [3.8, 4) is 0 Å². The van der Waals surface area contributed by atoms with Gasteiger partial charge in [-0.3, -0.25) is 0 Å². The van der Waals surface area contributed by atoms with E-state index in [2.05, 4.69) is 18.7 Å². The number of thiophene rings is 1. The Labute approximate surface area is 126 Å².